The monoisotopic (exact) mass is 184 g/mol. The molecule has 0 spiro atoms. The number of rotatable bonds is 7. The summed E-state index contributed by atoms with van der Waals surface area (Å²) in [5, 5.41) is 6.61. The molecule has 0 aromatic carbocycles. The molecule has 2 heteroatoms. The second-order valence-corrected chi connectivity index (χ2v) is 4.04. The van der Waals surface area contributed by atoms with Crippen LogP contribution in [-0.2, 0) is 0 Å². The van der Waals surface area contributed by atoms with E-state index in [9.17, 15) is 0 Å². The second kappa shape index (κ2) is 6.96. The van der Waals surface area contributed by atoms with Gasteiger partial charge >= 0.3 is 0 Å². The van der Waals surface area contributed by atoms with Gasteiger partial charge in [-0.3, -0.25) is 5.32 Å². The van der Waals surface area contributed by atoms with Gasteiger partial charge in [-0.25, -0.2) is 0 Å². The minimum absolute atomic E-state index is 0.570. The lowest BCUT2D eigenvalue weighted by Gasteiger charge is -2.16. The quantitative estimate of drug-likeness (QED) is 0.469. The van der Waals surface area contributed by atoms with Crippen molar-refractivity contribution in [1.82, 2.24) is 10.6 Å². The number of allylic oxidation sites excluding steroid dienone is 1. The van der Waals surface area contributed by atoms with Crippen molar-refractivity contribution in [2.24, 2.45) is 11.8 Å². The lowest BCUT2D eigenvalue weighted by Crippen LogP contribution is -2.32. The third kappa shape index (κ3) is 6.64. The molecule has 2 nitrogen and oxygen atoms in total. The summed E-state index contributed by atoms with van der Waals surface area (Å²) >= 11 is 0. The first-order chi connectivity index (χ1) is 6.07. The molecule has 0 heterocycles. The largest absolute Gasteiger partial charge is 0.376 e. The Balaban J connectivity index is 3.37. The van der Waals surface area contributed by atoms with Crippen LogP contribution in [0.5, 0.6) is 0 Å². The maximum absolute atomic E-state index is 3.99. The average Bonchev–Trinajstić information content (AvgIpc) is 2.10. The molecule has 1 unspecified atom stereocenters. The summed E-state index contributed by atoms with van der Waals surface area (Å²) in [7, 11) is 0. The van der Waals surface area contributed by atoms with Gasteiger partial charge in [0.15, 0.2) is 0 Å². The molecule has 78 valence electrons. The fourth-order valence-corrected chi connectivity index (χ4v) is 0.958. The maximum Gasteiger partial charge on any atom is 0.0650 e. The molecule has 0 bridgehead atoms. The molecule has 0 saturated carbocycles. The predicted molar refractivity (Wildman–Crippen MR) is 59.4 cm³/mol. The van der Waals surface area contributed by atoms with E-state index in [0.717, 1.165) is 25.3 Å². The smallest absolute Gasteiger partial charge is 0.0650 e. The van der Waals surface area contributed by atoms with Crippen LogP contribution in [0.4, 0.5) is 0 Å². The Bertz CT molecular complexity index is 141. The summed E-state index contributed by atoms with van der Waals surface area (Å²) in [6.07, 6.45) is 1.15. The summed E-state index contributed by atoms with van der Waals surface area (Å²) in [6.45, 7) is 14.7. The minimum atomic E-state index is 0.570. The molecule has 13 heavy (non-hydrogen) atoms. The van der Waals surface area contributed by atoms with Crippen molar-refractivity contribution in [2.45, 2.75) is 34.1 Å². The SMILES string of the molecule is C=C(NCNCC(C)C)C(C)CC. The zero-order valence-electron chi connectivity index (χ0n) is 9.48. The van der Waals surface area contributed by atoms with E-state index in [1.165, 1.54) is 0 Å². The second-order valence-electron chi connectivity index (χ2n) is 4.04. The predicted octanol–water partition coefficient (Wildman–Crippen LogP) is 2.34. The third-order valence-electron chi connectivity index (χ3n) is 2.20. The Morgan fingerprint density at radius 2 is 1.92 bits per heavy atom. The van der Waals surface area contributed by atoms with Crippen LogP contribution < -0.4 is 10.6 Å². The van der Waals surface area contributed by atoms with Crippen LogP contribution in [0, 0.1) is 11.8 Å². The molecule has 0 fully saturated rings. The first-order valence-corrected chi connectivity index (χ1v) is 5.21. The lowest BCUT2D eigenvalue weighted by molar-refractivity contribution is 0.510. The number of hydrogen-bond donors (Lipinski definition) is 2. The normalized spacial score (nSPS) is 13.0. The van der Waals surface area contributed by atoms with Crippen LogP contribution in [0.3, 0.4) is 0 Å². The lowest BCUT2D eigenvalue weighted by atomic mass is 10.1. The average molecular weight is 184 g/mol. The van der Waals surface area contributed by atoms with Gasteiger partial charge in [-0.1, -0.05) is 34.3 Å². The molecular weight excluding hydrogens is 160 g/mol. The first-order valence-electron chi connectivity index (χ1n) is 5.21. The van der Waals surface area contributed by atoms with E-state index in [4.69, 9.17) is 0 Å². The van der Waals surface area contributed by atoms with Gasteiger partial charge in [0.2, 0.25) is 0 Å². The zero-order valence-corrected chi connectivity index (χ0v) is 9.48. The van der Waals surface area contributed by atoms with Crippen molar-refractivity contribution in [3.63, 3.8) is 0 Å². The van der Waals surface area contributed by atoms with E-state index < -0.39 is 0 Å². The Kier molecular flexibility index (Phi) is 6.69. The highest BCUT2D eigenvalue weighted by Crippen LogP contribution is 2.07. The van der Waals surface area contributed by atoms with E-state index in [-0.39, 0.29) is 0 Å². The molecule has 0 saturated heterocycles. The fourth-order valence-electron chi connectivity index (χ4n) is 0.958. The van der Waals surface area contributed by atoms with Crippen molar-refractivity contribution in [1.29, 1.82) is 0 Å². The van der Waals surface area contributed by atoms with Crippen LogP contribution in [0.15, 0.2) is 12.3 Å². The summed E-state index contributed by atoms with van der Waals surface area (Å²) in [6, 6.07) is 0. The zero-order chi connectivity index (χ0) is 10.3. The number of hydrogen-bond acceptors (Lipinski definition) is 2. The van der Waals surface area contributed by atoms with E-state index in [0.29, 0.717) is 11.8 Å². The Labute approximate surface area is 82.8 Å². The van der Waals surface area contributed by atoms with Gasteiger partial charge in [0.05, 0.1) is 6.67 Å². The molecule has 0 aliphatic carbocycles. The van der Waals surface area contributed by atoms with E-state index in [1.807, 2.05) is 0 Å². The van der Waals surface area contributed by atoms with Crippen molar-refractivity contribution in [2.75, 3.05) is 13.2 Å². The highest BCUT2D eigenvalue weighted by molar-refractivity contribution is 4.95. The topological polar surface area (TPSA) is 24.1 Å². The minimum Gasteiger partial charge on any atom is -0.376 e. The van der Waals surface area contributed by atoms with Gasteiger partial charge in [0, 0.05) is 5.70 Å². The van der Waals surface area contributed by atoms with Crippen molar-refractivity contribution < 1.29 is 0 Å². The van der Waals surface area contributed by atoms with E-state index >= 15 is 0 Å². The summed E-state index contributed by atoms with van der Waals surface area (Å²) < 4.78 is 0. The van der Waals surface area contributed by atoms with Crippen LogP contribution in [0.2, 0.25) is 0 Å². The van der Waals surface area contributed by atoms with Gasteiger partial charge in [-0.15, -0.1) is 0 Å². The van der Waals surface area contributed by atoms with E-state index in [2.05, 4.69) is 44.9 Å². The Hall–Kier alpha value is -0.500. The standard InChI is InChI=1S/C11H24N2/c1-6-10(4)11(5)13-8-12-7-9(2)3/h9-10,12-13H,5-8H2,1-4H3. The molecule has 0 aromatic rings. The summed E-state index contributed by atoms with van der Waals surface area (Å²) in [5.74, 6) is 1.28. The third-order valence-corrected chi connectivity index (χ3v) is 2.20. The van der Waals surface area contributed by atoms with Crippen LogP contribution >= 0.6 is 0 Å². The van der Waals surface area contributed by atoms with Gasteiger partial charge in [0.25, 0.3) is 0 Å². The van der Waals surface area contributed by atoms with Crippen molar-refractivity contribution in [3.8, 4) is 0 Å². The maximum atomic E-state index is 3.99. The molecule has 0 aliphatic rings. The fraction of sp³-hybridized carbons (Fsp3) is 0.818. The molecular formula is C11H24N2. The van der Waals surface area contributed by atoms with Crippen molar-refractivity contribution in [3.05, 3.63) is 12.3 Å². The van der Waals surface area contributed by atoms with Crippen LogP contribution in [-0.4, -0.2) is 13.2 Å². The van der Waals surface area contributed by atoms with Gasteiger partial charge in [-0.05, 0) is 24.8 Å². The highest BCUT2D eigenvalue weighted by Gasteiger charge is 2.01. The molecule has 0 aromatic heterocycles. The number of nitrogens with one attached hydrogen (secondary N) is 2. The molecule has 0 aliphatic heterocycles. The first kappa shape index (κ1) is 12.5. The molecule has 2 N–H and O–H groups in total. The van der Waals surface area contributed by atoms with Gasteiger partial charge in [-0.2, -0.15) is 0 Å². The molecule has 0 rings (SSSR count). The van der Waals surface area contributed by atoms with E-state index in [1.54, 1.807) is 0 Å². The highest BCUT2D eigenvalue weighted by atomic mass is 15.1. The van der Waals surface area contributed by atoms with Gasteiger partial charge in [0.1, 0.15) is 0 Å². The van der Waals surface area contributed by atoms with Gasteiger partial charge < -0.3 is 5.32 Å². The Morgan fingerprint density at radius 1 is 1.31 bits per heavy atom. The van der Waals surface area contributed by atoms with Crippen LogP contribution in [0.1, 0.15) is 34.1 Å². The molecule has 1 atom stereocenters. The summed E-state index contributed by atoms with van der Waals surface area (Å²) in [5.41, 5.74) is 1.14. The Morgan fingerprint density at radius 3 is 2.38 bits per heavy atom. The van der Waals surface area contributed by atoms with Crippen LogP contribution in [0.25, 0.3) is 0 Å². The molecule has 0 radical (unpaired) electrons. The molecule has 0 amide bonds. The van der Waals surface area contributed by atoms with Crippen molar-refractivity contribution >= 4 is 0 Å². The summed E-state index contributed by atoms with van der Waals surface area (Å²) in [4.78, 5) is 0.